The lowest BCUT2D eigenvalue weighted by atomic mass is 10.2. The number of hydrogen-bond donors (Lipinski definition) is 0. The Morgan fingerprint density at radius 3 is 2.47 bits per heavy atom. The van der Waals surface area contributed by atoms with Crippen LogP contribution in [0.3, 0.4) is 0 Å². The van der Waals surface area contributed by atoms with E-state index in [4.69, 9.17) is 9.47 Å². The zero-order chi connectivity index (χ0) is 14.1. The molecule has 104 valence electrons. The molecule has 0 radical (unpaired) electrons. The van der Waals surface area contributed by atoms with Crippen LogP contribution in [0.1, 0.15) is 38.2 Å². The van der Waals surface area contributed by atoms with E-state index in [0.717, 1.165) is 12.0 Å². The second-order valence-corrected chi connectivity index (χ2v) is 4.31. The Kier molecular flexibility index (Phi) is 6.64. The number of hydrogen-bond acceptors (Lipinski definition) is 4. The van der Waals surface area contributed by atoms with Gasteiger partial charge < -0.3 is 9.47 Å². The molecule has 19 heavy (non-hydrogen) atoms. The molecule has 0 N–H and O–H groups in total. The van der Waals surface area contributed by atoms with Crippen molar-refractivity contribution in [3.8, 4) is 5.75 Å². The summed E-state index contributed by atoms with van der Waals surface area (Å²) in [5.41, 5.74) is 0.915. The Labute approximate surface area is 113 Å². The monoisotopic (exact) mass is 264 g/mol. The third-order valence-corrected chi connectivity index (χ3v) is 2.55. The van der Waals surface area contributed by atoms with Crippen LogP contribution in [0, 0.1) is 6.92 Å². The zero-order valence-corrected chi connectivity index (χ0v) is 11.5. The topological polar surface area (TPSA) is 52.6 Å². The van der Waals surface area contributed by atoms with Gasteiger partial charge in [0.05, 0.1) is 6.61 Å². The number of carbonyl (C=O) groups excluding carboxylic acids is 2. The summed E-state index contributed by atoms with van der Waals surface area (Å²) >= 11 is 0. The summed E-state index contributed by atoms with van der Waals surface area (Å²) in [5, 5.41) is 0. The second kappa shape index (κ2) is 8.29. The van der Waals surface area contributed by atoms with E-state index >= 15 is 0 Å². The van der Waals surface area contributed by atoms with Crippen molar-refractivity contribution in [3.63, 3.8) is 0 Å². The number of para-hydroxylation sites is 1. The van der Waals surface area contributed by atoms with Gasteiger partial charge in [-0.15, -0.1) is 0 Å². The van der Waals surface area contributed by atoms with E-state index in [1.165, 1.54) is 0 Å². The van der Waals surface area contributed by atoms with Crippen molar-refractivity contribution in [2.75, 3.05) is 6.61 Å². The first-order valence-electron chi connectivity index (χ1n) is 6.55. The molecule has 0 spiro atoms. The molecule has 0 amide bonds. The van der Waals surface area contributed by atoms with E-state index in [1.807, 2.05) is 32.0 Å². The number of esters is 2. The van der Waals surface area contributed by atoms with Gasteiger partial charge in [0.2, 0.25) is 0 Å². The molecule has 1 aromatic carbocycles. The summed E-state index contributed by atoms with van der Waals surface area (Å²) in [6.45, 7) is 4.25. The van der Waals surface area contributed by atoms with E-state index in [1.54, 1.807) is 6.07 Å². The average Bonchev–Trinajstić information content (AvgIpc) is 2.39. The molecule has 0 bridgehead atoms. The highest BCUT2D eigenvalue weighted by Gasteiger charge is 2.09. The van der Waals surface area contributed by atoms with Crippen LogP contribution in [-0.2, 0) is 14.3 Å². The molecule has 0 atom stereocenters. The molecule has 0 aliphatic rings. The standard InChI is InChI=1S/C15H20O4/c1-3-11-18-14(16)9-6-10-15(17)19-13-8-5-4-7-12(13)2/h4-5,7-8H,3,6,9-11H2,1-2H3. The highest BCUT2D eigenvalue weighted by atomic mass is 16.5. The summed E-state index contributed by atoms with van der Waals surface area (Å²) in [6, 6.07) is 7.33. The highest BCUT2D eigenvalue weighted by molar-refractivity contribution is 5.74. The normalized spacial score (nSPS) is 10.0. The first-order chi connectivity index (χ1) is 9.13. The smallest absolute Gasteiger partial charge is 0.311 e. The third kappa shape index (κ3) is 6.04. The molecule has 0 aromatic heterocycles. The number of aryl methyl sites for hydroxylation is 1. The number of benzene rings is 1. The van der Waals surface area contributed by atoms with Crippen LogP contribution in [-0.4, -0.2) is 18.5 Å². The lowest BCUT2D eigenvalue weighted by Gasteiger charge is -2.06. The SMILES string of the molecule is CCCOC(=O)CCCC(=O)Oc1ccccc1C. The van der Waals surface area contributed by atoms with Gasteiger partial charge in [0.15, 0.2) is 0 Å². The Morgan fingerprint density at radius 2 is 1.79 bits per heavy atom. The molecular formula is C15H20O4. The summed E-state index contributed by atoms with van der Waals surface area (Å²) in [4.78, 5) is 22.8. The van der Waals surface area contributed by atoms with Crippen molar-refractivity contribution >= 4 is 11.9 Å². The van der Waals surface area contributed by atoms with Gasteiger partial charge >= 0.3 is 11.9 Å². The Hall–Kier alpha value is -1.84. The van der Waals surface area contributed by atoms with Gasteiger partial charge in [-0.2, -0.15) is 0 Å². The van der Waals surface area contributed by atoms with Crippen LogP contribution in [0.15, 0.2) is 24.3 Å². The van der Waals surface area contributed by atoms with Crippen molar-refractivity contribution < 1.29 is 19.1 Å². The Balaban J connectivity index is 2.25. The van der Waals surface area contributed by atoms with Gasteiger partial charge in [-0.25, -0.2) is 0 Å². The van der Waals surface area contributed by atoms with Crippen LogP contribution in [0.5, 0.6) is 5.75 Å². The maximum Gasteiger partial charge on any atom is 0.311 e. The molecular weight excluding hydrogens is 244 g/mol. The molecule has 0 aliphatic carbocycles. The van der Waals surface area contributed by atoms with Gasteiger partial charge in [-0.05, 0) is 31.4 Å². The van der Waals surface area contributed by atoms with Crippen molar-refractivity contribution in [2.45, 2.75) is 39.5 Å². The average molecular weight is 264 g/mol. The molecule has 1 rings (SSSR count). The minimum absolute atomic E-state index is 0.218. The maximum absolute atomic E-state index is 11.6. The van der Waals surface area contributed by atoms with Crippen LogP contribution in [0.25, 0.3) is 0 Å². The van der Waals surface area contributed by atoms with Gasteiger partial charge in [0.1, 0.15) is 5.75 Å². The molecule has 0 unspecified atom stereocenters. The fraction of sp³-hybridized carbons (Fsp3) is 0.467. The van der Waals surface area contributed by atoms with Gasteiger partial charge in [0, 0.05) is 12.8 Å². The van der Waals surface area contributed by atoms with Crippen LogP contribution < -0.4 is 4.74 Å². The summed E-state index contributed by atoms with van der Waals surface area (Å²) in [6.07, 6.45) is 1.73. The number of rotatable bonds is 7. The fourth-order valence-corrected chi connectivity index (χ4v) is 1.51. The minimum atomic E-state index is -0.322. The lowest BCUT2D eigenvalue weighted by Crippen LogP contribution is -2.10. The van der Waals surface area contributed by atoms with Crippen molar-refractivity contribution in [3.05, 3.63) is 29.8 Å². The van der Waals surface area contributed by atoms with E-state index in [-0.39, 0.29) is 24.8 Å². The summed E-state index contributed by atoms with van der Waals surface area (Å²) in [7, 11) is 0. The predicted molar refractivity (Wildman–Crippen MR) is 71.9 cm³/mol. The molecule has 0 fully saturated rings. The van der Waals surface area contributed by atoms with E-state index in [9.17, 15) is 9.59 Å². The maximum atomic E-state index is 11.6. The highest BCUT2D eigenvalue weighted by Crippen LogP contribution is 2.17. The lowest BCUT2D eigenvalue weighted by molar-refractivity contribution is -0.144. The zero-order valence-electron chi connectivity index (χ0n) is 11.5. The van der Waals surface area contributed by atoms with Gasteiger partial charge in [-0.1, -0.05) is 25.1 Å². The molecule has 0 saturated carbocycles. The Bertz CT molecular complexity index is 426. The van der Waals surface area contributed by atoms with Crippen molar-refractivity contribution in [1.82, 2.24) is 0 Å². The number of carbonyl (C=O) groups is 2. The van der Waals surface area contributed by atoms with Crippen molar-refractivity contribution in [1.29, 1.82) is 0 Å². The van der Waals surface area contributed by atoms with Crippen molar-refractivity contribution in [2.24, 2.45) is 0 Å². The van der Waals surface area contributed by atoms with Crippen LogP contribution in [0.2, 0.25) is 0 Å². The van der Waals surface area contributed by atoms with Gasteiger partial charge in [0.25, 0.3) is 0 Å². The second-order valence-electron chi connectivity index (χ2n) is 4.31. The largest absolute Gasteiger partial charge is 0.466 e. The fourth-order valence-electron chi connectivity index (χ4n) is 1.51. The first-order valence-corrected chi connectivity index (χ1v) is 6.55. The van der Waals surface area contributed by atoms with Gasteiger partial charge in [-0.3, -0.25) is 9.59 Å². The summed E-state index contributed by atoms with van der Waals surface area (Å²) in [5.74, 6) is -0.0100. The molecule has 4 heteroatoms. The van der Waals surface area contributed by atoms with Crippen LogP contribution >= 0.6 is 0 Å². The molecule has 0 heterocycles. The predicted octanol–water partition coefficient (Wildman–Crippen LogP) is 3.02. The third-order valence-electron chi connectivity index (χ3n) is 2.55. The minimum Gasteiger partial charge on any atom is -0.466 e. The molecule has 1 aromatic rings. The number of ether oxygens (including phenoxy) is 2. The molecule has 4 nitrogen and oxygen atoms in total. The summed E-state index contributed by atoms with van der Waals surface area (Å²) < 4.78 is 10.1. The first kappa shape index (κ1) is 15.2. The Morgan fingerprint density at radius 1 is 1.11 bits per heavy atom. The van der Waals surface area contributed by atoms with E-state index < -0.39 is 0 Å². The quantitative estimate of drug-likeness (QED) is 0.561. The van der Waals surface area contributed by atoms with E-state index in [0.29, 0.717) is 18.8 Å². The molecule has 0 saturated heterocycles. The molecule has 0 aliphatic heterocycles. The van der Waals surface area contributed by atoms with E-state index in [2.05, 4.69) is 0 Å². The van der Waals surface area contributed by atoms with Crippen LogP contribution in [0.4, 0.5) is 0 Å².